The number of phenolic OH excluding ortho intramolecular Hbond substituents is 1. The van der Waals surface area contributed by atoms with Crippen LogP contribution in [-0.2, 0) is 0 Å². The fourth-order valence-corrected chi connectivity index (χ4v) is 2.65. The summed E-state index contributed by atoms with van der Waals surface area (Å²) in [5.74, 6) is 1.83. The van der Waals surface area contributed by atoms with Crippen LogP contribution in [0.5, 0.6) is 23.0 Å². The Morgan fingerprint density at radius 1 is 1.09 bits per heavy atom. The van der Waals surface area contributed by atoms with E-state index in [4.69, 9.17) is 14.2 Å². The van der Waals surface area contributed by atoms with Crippen LogP contribution in [0.25, 0.3) is 6.08 Å². The SMILES string of the molecule is Cc1cc(O)cc2c1C(=O)/C(=C\c1ccc3c(c1)OCO3)O2. The summed E-state index contributed by atoms with van der Waals surface area (Å²) < 4.78 is 16.2. The van der Waals surface area contributed by atoms with Gasteiger partial charge in [0.1, 0.15) is 11.5 Å². The zero-order chi connectivity index (χ0) is 15.3. The average molecular weight is 296 g/mol. The van der Waals surface area contributed by atoms with Gasteiger partial charge in [-0.2, -0.15) is 0 Å². The molecule has 0 saturated heterocycles. The molecule has 0 aliphatic carbocycles. The van der Waals surface area contributed by atoms with Gasteiger partial charge in [0.25, 0.3) is 0 Å². The number of ether oxygens (including phenoxy) is 3. The molecule has 5 heteroatoms. The highest BCUT2D eigenvalue weighted by atomic mass is 16.7. The molecule has 0 unspecified atom stereocenters. The minimum atomic E-state index is -0.190. The van der Waals surface area contributed by atoms with Gasteiger partial charge in [-0.3, -0.25) is 4.79 Å². The lowest BCUT2D eigenvalue weighted by atomic mass is 10.0. The smallest absolute Gasteiger partial charge is 0.232 e. The Kier molecular flexibility index (Phi) is 2.63. The molecule has 0 spiro atoms. The summed E-state index contributed by atoms with van der Waals surface area (Å²) in [6.45, 7) is 1.97. The van der Waals surface area contributed by atoms with Crippen LogP contribution in [0, 0.1) is 6.92 Å². The van der Waals surface area contributed by atoms with Crippen molar-refractivity contribution in [2.45, 2.75) is 6.92 Å². The van der Waals surface area contributed by atoms with Crippen molar-refractivity contribution in [2.75, 3.05) is 6.79 Å². The number of phenols is 1. The molecule has 0 saturated carbocycles. The third-order valence-corrected chi connectivity index (χ3v) is 3.65. The highest BCUT2D eigenvalue weighted by Crippen LogP contribution is 2.38. The van der Waals surface area contributed by atoms with E-state index in [2.05, 4.69) is 0 Å². The number of benzene rings is 2. The number of aryl methyl sites for hydroxylation is 1. The maximum absolute atomic E-state index is 12.4. The summed E-state index contributed by atoms with van der Waals surface area (Å²) in [5.41, 5.74) is 1.96. The normalized spacial score (nSPS) is 16.8. The van der Waals surface area contributed by atoms with Gasteiger partial charge in [0.15, 0.2) is 17.3 Å². The van der Waals surface area contributed by atoms with E-state index in [0.29, 0.717) is 28.4 Å². The molecular weight excluding hydrogens is 284 g/mol. The summed E-state index contributed by atoms with van der Waals surface area (Å²) >= 11 is 0. The first-order valence-corrected chi connectivity index (χ1v) is 6.79. The lowest BCUT2D eigenvalue weighted by molar-refractivity contribution is 0.101. The van der Waals surface area contributed by atoms with Crippen molar-refractivity contribution in [3.05, 3.63) is 52.8 Å². The highest BCUT2D eigenvalue weighted by molar-refractivity contribution is 6.15. The van der Waals surface area contributed by atoms with Crippen LogP contribution in [0.2, 0.25) is 0 Å². The summed E-state index contributed by atoms with van der Waals surface area (Å²) in [6, 6.07) is 8.40. The molecule has 0 bridgehead atoms. The molecule has 0 radical (unpaired) electrons. The zero-order valence-corrected chi connectivity index (χ0v) is 11.8. The first-order chi connectivity index (χ1) is 10.6. The van der Waals surface area contributed by atoms with Crippen molar-refractivity contribution in [1.82, 2.24) is 0 Å². The zero-order valence-electron chi connectivity index (χ0n) is 11.8. The van der Waals surface area contributed by atoms with E-state index < -0.39 is 0 Å². The Balaban J connectivity index is 1.73. The third kappa shape index (κ3) is 1.90. The van der Waals surface area contributed by atoms with Gasteiger partial charge in [0, 0.05) is 6.07 Å². The van der Waals surface area contributed by atoms with Crippen LogP contribution in [-0.4, -0.2) is 17.7 Å². The van der Waals surface area contributed by atoms with Crippen LogP contribution in [0.4, 0.5) is 0 Å². The number of carbonyl (C=O) groups is 1. The lowest BCUT2D eigenvalue weighted by Gasteiger charge is -2.01. The van der Waals surface area contributed by atoms with E-state index in [1.807, 2.05) is 6.07 Å². The second-order valence-corrected chi connectivity index (χ2v) is 5.19. The summed E-state index contributed by atoms with van der Waals surface area (Å²) in [6.07, 6.45) is 1.65. The quantitative estimate of drug-likeness (QED) is 0.819. The first kappa shape index (κ1) is 12.8. The Hall–Kier alpha value is -2.95. The molecule has 2 aliphatic rings. The highest BCUT2D eigenvalue weighted by Gasteiger charge is 2.29. The number of ketones is 1. The molecule has 22 heavy (non-hydrogen) atoms. The van der Waals surface area contributed by atoms with Gasteiger partial charge in [0.2, 0.25) is 12.6 Å². The van der Waals surface area contributed by atoms with Crippen LogP contribution in [0.15, 0.2) is 36.1 Å². The summed E-state index contributed by atoms with van der Waals surface area (Å²) in [7, 11) is 0. The van der Waals surface area contributed by atoms with Gasteiger partial charge in [-0.1, -0.05) is 6.07 Å². The molecule has 4 rings (SSSR count). The molecule has 2 aromatic carbocycles. The molecule has 0 atom stereocenters. The Morgan fingerprint density at radius 3 is 2.77 bits per heavy atom. The number of fused-ring (bicyclic) bond motifs is 2. The van der Waals surface area contributed by atoms with E-state index in [-0.39, 0.29) is 24.1 Å². The minimum Gasteiger partial charge on any atom is -0.508 e. The first-order valence-electron chi connectivity index (χ1n) is 6.79. The number of aromatic hydroxyl groups is 1. The van der Waals surface area contributed by atoms with E-state index in [1.54, 1.807) is 31.2 Å². The van der Waals surface area contributed by atoms with E-state index in [9.17, 15) is 9.90 Å². The van der Waals surface area contributed by atoms with Crippen molar-refractivity contribution in [2.24, 2.45) is 0 Å². The predicted molar refractivity (Wildman–Crippen MR) is 78.3 cm³/mol. The average Bonchev–Trinajstić information content (AvgIpc) is 3.04. The van der Waals surface area contributed by atoms with Gasteiger partial charge in [-0.25, -0.2) is 0 Å². The molecule has 110 valence electrons. The van der Waals surface area contributed by atoms with Crippen LogP contribution in [0.3, 0.4) is 0 Å². The topological polar surface area (TPSA) is 65.0 Å². The lowest BCUT2D eigenvalue weighted by Crippen LogP contribution is -1.99. The van der Waals surface area contributed by atoms with Crippen molar-refractivity contribution in [3.8, 4) is 23.0 Å². The summed E-state index contributed by atoms with van der Waals surface area (Å²) in [4.78, 5) is 12.4. The Morgan fingerprint density at radius 2 is 1.91 bits per heavy atom. The molecule has 2 aliphatic heterocycles. The van der Waals surface area contributed by atoms with Gasteiger partial charge >= 0.3 is 0 Å². The number of hydrogen-bond acceptors (Lipinski definition) is 5. The van der Waals surface area contributed by atoms with Crippen molar-refractivity contribution in [3.63, 3.8) is 0 Å². The van der Waals surface area contributed by atoms with Crippen LogP contribution in [0.1, 0.15) is 21.5 Å². The molecular formula is C17H12O5. The van der Waals surface area contributed by atoms with Crippen molar-refractivity contribution in [1.29, 1.82) is 0 Å². The Bertz CT molecular complexity index is 835. The number of allylic oxidation sites excluding steroid dienone is 1. The van der Waals surface area contributed by atoms with Crippen LogP contribution < -0.4 is 14.2 Å². The fourth-order valence-electron chi connectivity index (χ4n) is 2.65. The monoisotopic (exact) mass is 296 g/mol. The molecule has 1 N–H and O–H groups in total. The molecule has 2 heterocycles. The Labute approximate surface area is 126 Å². The largest absolute Gasteiger partial charge is 0.508 e. The number of hydrogen-bond donors (Lipinski definition) is 1. The number of Topliss-reactive ketones (excluding diaryl/α,β-unsaturated/α-hetero) is 1. The second-order valence-electron chi connectivity index (χ2n) is 5.19. The molecule has 2 aromatic rings. The van der Waals surface area contributed by atoms with Gasteiger partial charge in [0.05, 0.1) is 5.56 Å². The number of rotatable bonds is 1. The van der Waals surface area contributed by atoms with Gasteiger partial charge in [-0.15, -0.1) is 0 Å². The maximum atomic E-state index is 12.4. The number of carbonyl (C=O) groups excluding carboxylic acids is 1. The van der Waals surface area contributed by atoms with Crippen molar-refractivity contribution < 1.29 is 24.1 Å². The summed E-state index contributed by atoms with van der Waals surface area (Å²) in [5, 5.41) is 9.60. The van der Waals surface area contributed by atoms with Gasteiger partial charge < -0.3 is 19.3 Å². The van der Waals surface area contributed by atoms with E-state index in [0.717, 1.165) is 5.56 Å². The predicted octanol–water partition coefficient (Wildman–Crippen LogP) is 3.05. The molecule has 5 nitrogen and oxygen atoms in total. The van der Waals surface area contributed by atoms with E-state index in [1.165, 1.54) is 6.07 Å². The molecule has 0 amide bonds. The van der Waals surface area contributed by atoms with E-state index >= 15 is 0 Å². The standard InChI is InChI=1S/C17H12O5/c1-9-4-11(18)7-14-16(9)17(19)15(22-14)6-10-2-3-12-13(5-10)21-8-20-12/h2-7,18H,8H2,1H3/b15-6+. The second kappa shape index (κ2) is 4.53. The third-order valence-electron chi connectivity index (χ3n) is 3.65. The van der Waals surface area contributed by atoms with Gasteiger partial charge in [-0.05, 0) is 42.3 Å². The molecule has 0 aromatic heterocycles. The molecule has 0 fully saturated rings. The minimum absolute atomic E-state index is 0.0772. The van der Waals surface area contributed by atoms with Crippen LogP contribution >= 0.6 is 0 Å². The maximum Gasteiger partial charge on any atom is 0.232 e. The van der Waals surface area contributed by atoms with Crippen molar-refractivity contribution >= 4 is 11.9 Å². The fraction of sp³-hybridized carbons (Fsp3) is 0.118.